The Balaban J connectivity index is 1.41. The van der Waals surface area contributed by atoms with Crippen molar-refractivity contribution in [3.05, 3.63) is 92.4 Å². The van der Waals surface area contributed by atoms with E-state index in [9.17, 15) is 14.4 Å². The maximum atomic E-state index is 12.9. The molecule has 36 heavy (non-hydrogen) atoms. The molecule has 1 heterocycles. The van der Waals surface area contributed by atoms with Crippen LogP contribution in [0, 0.1) is 3.57 Å². The van der Waals surface area contributed by atoms with Gasteiger partial charge in [-0.1, -0.05) is 30.3 Å². The molecule has 3 aromatic rings. The maximum absolute atomic E-state index is 12.9. The number of hydrogen-bond donors (Lipinski definition) is 1. The maximum Gasteiger partial charge on any atom is 0.294 e. The summed E-state index contributed by atoms with van der Waals surface area (Å²) in [5.41, 5.74) is 2.24. The van der Waals surface area contributed by atoms with E-state index in [0.29, 0.717) is 36.0 Å². The summed E-state index contributed by atoms with van der Waals surface area (Å²) in [5, 5.41) is 2.20. The highest BCUT2D eigenvalue weighted by Crippen LogP contribution is 2.34. The lowest BCUT2D eigenvalue weighted by molar-refractivity contribution is -0.127. The molecule has 1 saturated heterocycles. The molecular formula is C27H23IN2O5S. The molecule has 1 N–H and O–H groups in total. The zero-order chi connectivity index (χ0) is 25.5. The van der Waals surface area contributed by atoms with Gasteiger partial charge in [0.25, 0.3) is 11.1 Å². The molecule has 184 valence electrons. The molecule has 1 aliphatic rings. The molecule has 0 aromatic heterocycles. The first-order valence-electron chi connectivity index (χ1n) is 11.2. The molecule has 0 spiro atoms. The van der Waals surface area contributed by atoms with Gasteiger partial charge in [0, 0.05) is 14.8 Å². The second kappa shape index (κ2) is 12.1. The average molecular weight is 614 g/mol. The topological polar surface area (TPSA) is 84.9 Å². The van der Waals surface area contributed by atoms with Gasteiger partial charge in [-0.25, -0.2) is 0 Å². The monoisotopic (exact) mass is 614 g/mol. The van der Waals surface area contributed by atoms with Crippen LogP contribution in [-0.4, -0.2) is 35.1 Å². The molecule has 9 heteroatoms. The molecule has 0 bridgehead atoms. The van der Waals surface area contributed by atoms with Gasteiger partial charge in [0.2, 0.25) is 5.91 Å². The first-order valence-corrected chi connectivity index (χ1v) is 13.1. The van der Waals surface area contributed by atoms with Crippen LogP contribution >= 0.6 is 34.4 Å². The lowest BCUT2D eigenvalue weighted by Crippen LogP contribution is -2.36. The van der Waals surface area contributed by atoms with Gasteiger partial charge in [0.1, 0.15) is 24.7 Å². The highest BCUT2D eigenvalue weighted by Gasteiger charge is 2.36. The van der Waals surface area contributed by atoms with Gasteiger partial charge in [0.15, 0.2) is 0 Å². The van der Waals surface area contributed by atoms with Gasteiger partial charge in [0.05, 0.1) is 11.5 Å². The molecular weight excluding hydrogens is 591 g/mol. The number of hydrogen-bond acceptors (Lipinski definition) is 6. The summed E-state index contributed by atoms with van der Waals surface area (Å²) in [4.78, 5) is 39.1. The largest absolute Gasteiger partial charge is 0.494 e. The number of ether oxygens (including phenoxy) is 2. The number of carbonyl (C=O) groups excluding carboxylic acids is 3. The lowest BCUT2D eigenvalue weighted by atomic mass is 10.1. The summed E-state index contributed by atoms with van der Waals surface area (Å²) in [7, 11) is 0. The van der Waals surface area contributed by atoms with Crippen molar-refractivity contribution < 1.29 is 23.9 Å². The van der Waals surface area contributed by atoms with E-state index in [1.54, 1.807) is 30.3 Å². The van der Waals surface area contributed by atoms with Crippen molar-refractivity contribution in [2.24, 2.45) is 0 Å². The zero-order valence-corrected chi connectivity index (χ0v) is 22.4. The van der Waals surface area contributed by atoms with Crippen LogP contribution in [0.4, 0.5) is 10.5 Å². The molecule has 3 amide bonds. The van der Waals surface area contributed by atoms with Gasteiger partial charge >= 0.3 is 0 Å². The Labute approximate surface area is 227 Å². The van der Waals surface area contributed by atoms with Crippen molar-refractivity contribution in [2.75, 3.05) is 18.5 Å². The molecule has 0 aliphatic carbocycles. The number of anilines is 1. The summed E-state index contributed by atoms with van der Waals surface area (Å²) in [5.74, 6) is 0.300. The number of amides is 3. The van der Waals surface area contributed by atoms with E-state index in [-0.39, 0.29) is 11.4 Å². The SMILES string of the molecule is CCOc1ccc(NC(=O)CN2C(=O)S/C(=C/c3ccccc3OCc3ccc(I)cc3)C2=O)cc1. The van der Waals surface area contributed by atoms with E-state index in [1.165, 1.54) is 0 Å². The molecule has 7 nitrogen and oxygen atoms in total. The Morgan fingerprint density at radius 3 is 2.44 bits per heavy atom. The highest BCUT2D eigenvalue weighted by molar-refractivity contribution is 14.1. The summed E-state index contributed by atoms with van der Waals surface area (Å²) in [6.45, 7) is 2.42. The van der Waals surface area contributed by atoms with Crippen LogP contribution in [0.2, 0.25) is 0 Å². The van der Waals surface area contributed by atoms with E-state index in [4.69, 9.17) is 9.47 Å². The molecule has 3 aromatic carbocycles. The number of para-hydroxylation sites is 1. The smallest absolute Gasteiger partial charge is 0.294 e. The van der Waals surface area contributed by atoms with Crippen LogP contribution in [0.5, 0.6) is 11.5 Å². The van der Waals surface area contributed by atoms with E-state index >= 15 is 0 Å². The first kappa shape index (κ1) is 25.8. The number of rotatable bonds is 9. The Morgan fingerprint density at radius 2 is 1.72 bits per heavy atom. The molecule has 0 radical (unpaired) electrons. The van der Waals surface area contributed by atoms with Crippen LogP contribution in [0.3, 0.4) is 0 Å². The van der Waals surface area contributed by atoms with Crippen LogP contribution < -0.4 is 14.8 Å². The number of nitrogens with one attached hydrogen (secondary N) is 1. The van der Waals surface area contributed by atoms with Crippen LogP contribution in [0.1, 0.15) is 18.1 Å². The Kier molecular flexibility index (Phi) is 8.65. The first-order chi connectivity index (χ1) is 17.4. The fraction of sp³-hybridized carbons (Fsp3) is 0.148. The number of carbonyl (C=O) groups is 3. The summed E-state index contributed by atoms with van der Waals surface area (Å²) >= 11 is 3.05. The number of imide groups is 1. The van der Waals surface area contributed by atoms with Crippen LogP contribution in [0.15, 0.2) is 77.7 Å². The number of thioether (sulfide) groups is 1. The molecule has 0 unspecified atom stereocenters. The zero-order valence-electron chi connectivity index (χ0n) is 19.4. The second-order valence-corrected chi connectivity index (χ2v) is 9.97. The third-order valence-corrected chi connectivity index (χ3v) is 6.76. The summed E-state index contributed by atoms with van der Waals surface area (Å²) in [6.07, 6.45) is 1.62. The van der Waals surface area contributed by atoms with Crippen molar-refractivity contribution >= 4 is 63.2 Å². The lowest BCUT2D eigenvalue weighted by Gasteiger charge is -2.13. The standard InChI is InChI=1S/C27H23IN2O5S/c1-2-34-22-13-11-21(12-14-22)29-25(31)16-30-26(32)24(36-27(30)33)15-19-5-3-4-6-23(19)35-17-18-7-9-20(28)10-8-18/h3-15H,2,16-17H2,1H3,(H,29,31)/b24-15+. The van der Waals surface area contributed by atoms with Gasteiger partial charge in [-0.05, 0) is 95.4 Å². The fourth-order valence-electron chi connectivity index (χ4n) is 3.40. The second-order valence-electron chi connectivity index (χ2n) is 7.73. The van der Waals surface area contributed by atoms with Crippen molar-refractivity contribution in [3.8, 4) is 11.5 Å². The molecule has 0 atom stereocenters. The van der Waals surface area contributed by atoms with Gasteiger partial charge in [-0.15, -0.1) is 0 Å². The van der Waals surface area contributed by atoms with Crippen LogP contribution in [-0.2, 0) is 16.2 Å². The van der Waals surface area contributed by atoms with Gasteiger partial charge in [-0.3, -0.25) is 19.3 Å². The summed E-state index contributed by atoms with van der Waals surface area (Å²) in [6, 6.07) is 22.2. The van der Waals surface area contributed by atoms with E-state index in [1.807, 2.05) is 55.5 Å². The Hall–Kier alpha value is -3.31. The normalized spacial score (nSPS) is 14.3. The van der Waals surface area contributed by atoms with Crippen molar-refractivity contribution in [3.63, 3.8) is 0 Å². The molecule has 0 saturated carbocycles. The van der Waals surface area contributed by atoms with Crippen molar-refractivity contribution in [2.45, 2.75) is 13.5 Å². The number of benzene rings is 3. The minimum atomic E-state index is -0.515. The van der Waals surface area contributed by atoms with E-state index in [0.717, 1.165) is 25.8 Å². The third kappa shape index (κ3) is 6.67. The third-order valence-electron chi connectivity index (χ3n) is 5.14. The fourth-order valence-corrected chi connectivity index (χ4v) is 4.58. The Bertz CT molecular complexity index is 1290. The Morgan fingerprint density at radius 1 is 1.00 bits per heavy atom. The number of halogens is 1. The van der Waals surface area contributed by atoms with E-state index in [2.05, 4.69) is 27.9 Å². The number of nitrogens with zero attached hydrogens (tertiary/aromatic N) is 1. The van der Waals surface area contributed by atoms with Crippen molar-refractivity contribution in [1.29, 1.82) is 0 Å². The van der Waals surface area contributed by atoms with Gasteiger partial charge < -0.3 is 14.8 Å². The minimum absolute atomic E-state index is 0.235. The summed E-state index contributed by atoms with van der Waals surface area (Å²) < 4.78 is 12.5. The predicted molar refractivity (Wildman–Crippen MR) is 149 cm³/mol. The predicted octanol–water partition coefficient (Wildman–Crippen LogP) is 5.94. The van der Waals surface area contributed by atoms with Gasteiger partial charge in [-0.2, -0.15) is 0 Å². The van der Waals surface area contributed by atoms with Crippen molar-refractivity contribution in [1.82, 2.24) is 4.90 Å². The van der Waals surface area contributed by atoms with Crippen LogP contribution in [0.25, 0.3) is 6.08 Å². The molecule has 1 fully saturated rings. The minimum Gasteiger partial charge on any atom is -0.494 e. The molecule has 4 rings (SSSR count). The quantitative estimate of drug-likeness (QED) is 0.237. The molecule has 1 aliphatic heterocycles. The highest BCUT2D eigenvalue weighted by atomic mass is 127. The van der Waals surface area contributed by atoms with E-state index < -0.39 is 17.1 Å². The average Bonchev–Trinajstić information content (AvgIpc) is 3.13.